The van der Waals surface area contributed by atoms with Gasteiger partial charge in [0.1, 0.15) is 11.6 Å². The number of pyridine rings is 1. The maximum atomic E-state index is 12.8. The van der Waals surface area contributed by atoms with Gasteiger partial charge in [-0.1, -0.05) is 26.3 Å². The third kappa shape index (κ3) is 4.58. The van der Waals surface area contributed by atoms with Crippen molar-refractivity contribution >= 4 is 16.9 Å². The van der Waals surface area contributed by atoms with Crippen molar-refractivity contribution in [3.8, 4) is 34.1 Å². The van der Waals surface area contributed by atoms with Crippen molar-refractivity contribution in [3.05, 3.63) is 60.3 Å². The minimum atomic E-state index is -0.310. The van der Waals surface area contributed by atoms with E-state index in [1.165, 1.54) is 0 Å². The summed E-state index contributed by atoms with van der Waals surface area (Å²) in [7, 11) is 1.56. The molecule has 176 valence electrons. The number of amides is 1. The molecule has 0 spiro atoms. The Hall–Kier alpha value is -3.91. The van der Waals surface area contributed by atoms with E-state index >= 15 is 0 Å². The van der Waals surface area contributed by atoms with Crippen molar-refractivity contribution in [2.75, 3.05) is 13.7 Å². The second-order valence-corrected chi connectivity index (χ2v) is 8.26. The monoisotopic (exact) mass is 460 g/mol. The maximum Gasteiger partial charge on any atom is 0.251 e. The molecule has 0 saturated heterocycles. The third-order valence-corrected chi connectivity index (χ3v) is 6.12. The number of aromatic nitrogens is 3. The number of nitrogens with one attached hydrogen (secondary N) is 2. The highest BCUT2D eigenvalue weighted by Crippen LogP contribution is 2.35. The quantitative estimate of drug-likeness (QED) is 0.314. The van der Waals surface area contributed by atoms with Crippen LogP contribution >= 0.6 is 0 Å². The van der Waals surface area contributed by atoms with Gasteiger partial charge in [-0.25, -0.2) is 9.97 Å². The molecule has 0 aliphatic heterocycles. The van der Waals surface area contributed by atoms with Crippen LogP contribution in [-0.2, 0) is 0 Å². The molecule has 4 rings (SSSR count). The predicted molar refractivity (Wildman–Crippen MR) is 131 cm³/mol. The molecule has 1 amide bonds. The number of aromatic amines is 1. The number of aliphatic hydroxyl groups is 1. The molecule has 4 aromatic rings. The van der Waals surface area contributed by atoms with Gasteiger partial charge in [0.25, 0.3) is 5.91 Å². The third-order valence-electron chi connectivity index (χ3n) is 6.12. The molecule has 2 atom stereocenters. The Labute approximate surface area is 197 Å². The zero-order valence-electron chi connectivity index (χ0n) is 19.4. The Morgan fingerprint density at radius 1 is 1.18 bits per heavy atom. The van der Waals surface area contributed by atoms with E-state index in [1.54, 1.807) is 43.6 Å². The summed E-state index contributed by atoms with van der Waals surface area (Å²) in [5.74, 6) is 0.930. The van der Waals surface area contributed by atoms with Crippen molar-refractivity contribution < 1.29 is 19.7 Å². The Balaban J connectivity index is 1.67. The summed E-state index contributed by atoms with van der Waals surface area (Å²) >= 11 is 0. The summed E-state index contributed by atoms with van der Waals surface area (Å²) in [6, 6.07) is 13.8. The van der Waals surface area contributed by atoms with Gasteiger partial charge >= 0.3 is 0 Å². The fraction of sp³-hybridized carbons (Fsp3) is 0.269. The van der Waals surface area contributed by atoms with Gasteiger partial charge in [0.2, 0.25) is 5.88 Å². The minimum absolute atomic E-state index is 0.0722. The van der Waals surface area contributed by atoms with E-state index in [4.69, 9.17) is 4.74 Å². The Kier molecular flexibility index (Phi) is 6.79. The van der Waals surface area contributed by atoms with Crippen molar-refractivity contribution in [1.29, 1.82) is 0 Å². The van der Waals surface area contributed by atoms with Crippen LogP contribution in [0.1, 0.15) is 30.6 Å². The van der Waals surface area contributed by atoms with E-state index < -0.39 is 0 Å². The number of hydrogen-bond acceptors (Lipinski definition) is 6. The van der Waals surface area contributed by atoms with Crippen LogP contribution in [0.4, 0.5) is 0 Å². The molecule has 8 heteroatoms. The first kappa shape index (κ1) is 23.3. The number of aromatic hydroxyl groups is 1. The number of phenolic OH excluding ortho intramolecular Hbond substituents is 1. The fourth-order valence-electron chi connectivity index (χ4n) is 3.85. The highest BCUT2D eigenvalue weighted by Gasteiger charge is 2.19. The molecular formula is C26H28N4O4. The highest BCUT2D eigenvalue weighted by molar-refractivity contribution is 5.98. The number of methoxy groups -OCH3 is 1. The average molecular weight is 461 g/mol. The van der Waals surface area contributed by atoms with Crippen LogP contribution in [0.15, 0.2) is 54.7 Å². The molecule has 0 saturated carbocycles. The molecule has 0 aliphatic carbocycles. The lowest BCUT2D eigenvalue weighted by atomic mass is 9.99. The van der Waals surface area contributed by atoms with Crippen LogP contribution in [0.25, 0.3) is 33.5 Å². The van der Waals surface area contributed by atoms with Crippen LogP contribution in [0, 0.1) is 5.92 Å². The number of nitrogens with zero attached hydrogens (tertiary/aromatic N) is 2. The topological polar surface area (TPSA) is 120 Å². The lowest BCUT2D eigenvalue weighted by Gasteiger charge is -2.22. The molecule has 0 bridgehead atoms. The van der Waals surface area contributed by atoms with Gasteiger partial charge in [0.15, 0.2) is 0 Å². The second-order valence-electron chi connectivity index (χ2n) is 8.26. The highest BCUT2D eigenvalue weighted by atomic mass is 16.5. The van der Waals surface area contributed by atoms with Gasteiger partial charge in [0.05, 0.1) is 36.4 Å². The van der Waals surface area contributed by atoms with Gasteiger partial charge in [-0.2, -0.15) is 0 Å². The first-order valence-corrected chi connectivity index (χ1v) is 11.2. The normalized spacial score (nSPS) is 12.9. The summed E-state index contributed by atoms with van der Waals surface area (Å²) in [5, 5.41) is 23.1. The first-order valence-electron chi connectivity index (χ1n) is 11.2. The number of fused-ring (bicyclic) bond motifs is 1. The van der Waals surface area contributed by atoms with Crippen molar-refractivity contribution in [1.82, 2.24) is 20.3 Å². The number of benzene rings is 2. The van der Waals surface area contributed by atoms with Gasteiger partial charge in [-0.3, -0.25) is 4.79 Å². The minimum Gasteiger partial charge on any atom is -0.507 e. The molecule has 0 unspecified atom stereocenters. The van der Waals surface area contributed by atoms with E-state index in [0.29, 0.717) is 33.9 Å². The standard InChI is InChI=1S/C26H28N4O4/c1-4-15(2)22(14-31)30-25(33)17-7-9-20-21(13-17)29-24(28-20)19-12-16(8-10-23(19)32)18-6-5-11-27-26(18)34-3/h5-13,15,22,31-32H,4,14H2,1-3H3,(H,28,29)(H,30,33)/t15-,22+/m0/s1. The lowest BCUT2D eigenvalue weighted by Crippen LogP contribution is -2.41. The van der Waals surface area contributed by atoms with Crippen molar-refractivity contribution in [2.45, 2.75) is 26.3 Å². The zero-order valence-corrected chi connectivity index (χ0v) is 19.4. The van der Waals surface area contributed by atoms with Gasteiger partial charge < -0.3 is 25.3 Å². The summed E-state index contributed by atoms with van der Waals surface area (Å²) in [6.07, 6.45) is 2.50. The van der Waals surface area contributed by atoms with Crippen LogP contribution < -0.4 is 10.1 Å². The first-order chi connectivity index (χ1) is 16.4. The van der Waals surface area contributed by atoms with Crippen LogP contribution in [0.2, 0.25) is 0 Å². The predicted octanol–water partition coefficient (Wildman–Crippen LogP) is 4.14. The van der Waals surface area contributed by atoms with Gasteiger partial charge in [-0.15, -0.1) is 0 Å². The molecule has 0 aliphatic rings. The van der Waals surface area contributed by atoms with E-state index in [2.05, 4.69) is 20.3 Å². The summed E-state index contributed by atoms with van der Waals surface area (Å²) in [4.78, 5) is 24.8. The fourth-order valence-corrected chi connectivity index (χ4v) is 3.85. The van der Waals surface area contributed by atoms with Crippen molar-refractivity contribution in [3.63, 3.8) is 0 Å². The molecule has 0 radical (unpaired) electrons. The van der Waals surface area contributed by atoms with E-state index in [0.717, 1.165) is 17.5 Å². The summed E-state index contributed by atoms with van der Waals surface area (Å²) in [6.45, 7) is 3.90. The SMILES string of the molecule is CC[C@H](C)[C@@H](CO)NC(=O)c1ccc2nc(-c3cc(-c4cccnc4OC)ccc3O)[nH]c2c1. The number of ether oxygens (including phenoxy) is 1. The molecule has 2 heterocycles. The molecule has 8 nitrogen and oxygen atoms in total. The molecule has 0 fully saturated rings. The summed E-state index contributed by atoms with van der Waals surface area (Å²) in [5.41, 5.74) is 3.91. The van der Waals surface area contributed by atoms with Gasteiger partial charge in [0, 0.05) is 17.3 Å². The second kappa shape index (κ2) is 9.93. The number of carbonyl (C=O) groups is 1. The van der Waals surface area contributed by atoms with Crippen molar-refractivity contribution in [2.24, 2.45) is 5.92 Å². The average Bonchev–Trinajstić information content (AvgIpc) is 3.30. The number of rotatable bonds is 8. The Morgan fingerprint density at radius 3 is 2.74 bits per heavy atom. The molecule has 4 N–H and O–H groups in total. The van der Waals surface area contributed by atoms with E-state index in [1.807, 2.05) is 32.0 Å². The van der Waals surface area contributed by atoms with E-state index in [9.17, 15) is 15.0 Å². The Bertz CT molecular complexity index is 1320. The number of hydrogen-bond donors (Lipinski definition) is 4. The number of imidazole rings is 1. The van der Waals surface area contributed by atoms with Gasteiger partial charge in [-0.05, 0) is 53.9 Å². The van der Waals surface area contributed by atoms with E-state index in [-0.39, 0.29) is 30.2 Å². The van der Waals surface area contributed by atoms with Crippen LogP contribution in [0.3, 0.4) is 0 Å². The van der Waals surface area contributed by atoms with Crippen LogP contribution in [0.5, 0.6) is 11.6 Å². The van der Waals surface area contributed by atoms with Crippen LogP contribution in [-0.4, -0.2) is 50.8 Å². The number of H-pyrrole nitrogens is 1. The molecule has 34 heavy (non-hydrogen) atoms. The molecular weight excluding hydrogens is 432 g/mol. The lowest BCUT2D eigenvalue weighted by molar-refractivity contribution is 0.0891. The number of phenols is 1. The Morgan fingerprint density at radius 2 is 2.00 bits per heavy atom. The molecule has 2 aromatic heterocycles. The largest absolute Gasteiger partial charge is 0.507 e. The maximum absolute atomic E-state index is 12.8. The smallest absolute Gasteiger partial charge is 0.251 e. The zero-order chi connectivity index (χ0) is 24.2. The number of aliphatic hydroxyl groups excluding tert-OH is 1. The molecule has 2 aromatic carbocycles. The summed E-state index contributed by atoms with van der Waals surface area (Å²) < 4.78 is 5.37. The number of carbonyl (C=O) groups excluding carboxylic acids is 1.